The first-order chi connectivity index (χ1) is 16.8. The molecule has 9 heteroatoms. The third kappa shape index (κ3) is 5.08. The summed E-state index contributed by atoms with van der Waals surface area (Å²) in [5.41, 5.74) is 1.59. The van der Waals surface area contributed by atoms with E-state index in [4.69, 9.17) is 4.74 Å². The summed E-state index contributed by atoms with van der Waals surface area (Å²) >= 11 is 0. The second-order valence-corrected chi connectivity index (χ2v) is 10.7. The van der Waals surface area contributed by atoms with Gasteiger partial charge in [-0.25, -0.2) is 0 Å². The van der Waals surface area contributed by atoms with E-state index in [1.165, 1.54) is 17.7 Å². The summed E-state index contributed by atoms with van der Waals surface area (Å²) in [4.78, 5) is 45.1. The molecule has 1 aromatic rings. The highest BCUT2D eigenvalue weighted by Gasteiger charge is 2.52. The van der Waals surface area contributed by atoms with Crippen molar-refractivity contribution in [3.05, 3.63) is 29.8 Å². The quantitative estimate of drug-likeness (QED) is 0.586. The number of anilines is 1. The Kier molecular flexibility index (Phi) is 6.83. The molecule has 2 amide bonds. The number of piperazine rings is 1. The minimum atomic E-state index is -0.899. The molecule has 3 heterocycles. The van der Waals surface area contributed by atoms with Crippen LogP contribution >= 0.6 is 0 Å². The molecule has 4 fully saturated rings. The van der Waals surface area contributed by atoms with Crippen LogP contribution in [-0.2, 0) is 14.3 Å². The monoisotopic (exact) mass is 484 g/mol. The first kappa shape index (κ1) is 24.2. The number of hydrogen-bond donors (Lipinski definition) is 2. The van der Waals surface area contributed by atoms with Crippen molar-refractivity contribution in [2.75, 3.05) is 44.2 Å². The van der Waals surface area contributed by atoms with E-state index in [0.717, 1.165) is 37.9 Å². The second kappa shape index (κ2) is 9.87. The van der Waals surface area contributed by atoms with Gasteiger partial charge in [-0.15, -0.1) is 0 Å². The number of ether oxygens (including phenoxy) is 1. The number of β-amino-alcohol motifs (C(OH)–C–C–N with tert-alkyl or cyclic N) is 1. The number of likely N-dealkylation sites (tertiary alicyclic amines) is 1. The van der Waals surface area contributed by atoms with Crippen molar-refractivity contribution in [3.63, 3.8) is 0 Å². The average molecular weight is 485 g/mol. The summed E-state index contributed by atoms with van der Waals surface area (Å²) < 4.78 is 5.39. The predicted octanol–water partition coefficient (Wildman–Crippen LogP) is 0.655. The molecule has 0 unspecified atom stereocenters. The van der Waals surface area contributed by atoms with Crippen LogP contribution in [0.25, 0.3) is 0 Å². The van der Waals surface area contributed by atoms with Gasteiger partial charge in [-0.2, -0.15) is 0 Å². The maximum atomic E-state index is 13.4. The van der Waals surface area contributed by atoms with E-state index in [-0.39, 0.29) is 36.7 Å². The number of aliphatic hydroxyl groups is 1. The van der Waals surface area contributed by atoms with E-state index in [9.17, 15) is 19.5 Å². The van der Waals surface area contributed by atoms with Crippen LogP contribution in [0.5, 0.6) is 0 Å². The molecule has 0 spiro atoms. The topological polar surface area (TPSA) is 102 Å². The summed E-state index contributed by atoms with van der Waals surface area (Å²) in [7, 11) is 0. The van der Waals surface area contributed by atoms with Crippen LogP contribution in [0.15, 0.2) is 24.3 Å². The van der Waals surface area contributed by atoms with Crippen LogP contribution in [0.3, 0.4) is 0 Å². The van der Waals surface area contributed by atoms with Gasteiger partial charge < -0.3 is 25.0 Å². The lowest BCUT2D eigenvalue weighted by atomic mass is 10.0. The fraction of sp³-hybridized carbons (Fsp3) is 0.654. The minimum absolute atomic E-state index is 0.0348. The standard InChI is InChI=1S/C26H36N4O5/c1-16(2)13-20(26(34)30-14-21(31)24-23(30)22(32)15-35-24)27-25(33)17-3-5-18(6-4-17)28-9-11-29(12-10-28)19-7-8-19/h3-6,16,19-21,23-24,31H,7-15H2,1-2H3,(H,27,33)/t20-,21+,23+,24+/m0/s1. The molecule has 1 aromatic carbocycles. The van der Waals surface area contributed by atoms with Gasteiger partial charge in [0.2, 0.25) is 5.91 Å². The van der Waals surface area contributed by atoms with Gasteiger partial charge in [-0.1, -0.05) is 13.8 Å². The van der Waals surface area contributed by atoms with E-state index in [0.29, 0.717) is 12.0 Å². The van der Waals surface area contributed by atoms with Crippen molar-refractivity contribution < 1.29 is 24.2 Å². The van der Waals surface area contributed by atoms with E-state index in [1.54, 1.807) is 12.1 Å². The number of hydrogen-bond acceptors (Lipinski definition) is 7. The number of rotatable bonds is 7. The summed E-state index contributed by atoms with van der Waals surface area (Å²) in [6, 6.07) is 6.78. The lowest BCUT2D eigenvalue weighted by molar-refractivity contribution is -0.138. The number of carbonyl (C=O) groups excluding carboxylic acids is 3. The molecule has 1 saturated carbocycles. The first-order valence-electron chi connectivity index (χ1n) is 12.8. The molecule has 190 valence electrons. The number of Topliss-reactive ketones (excluding diaryl/α,β-unsaturated/α-hetero) is 1. The number of benzene rings is 1. The molecule has 1 aliphatic carbocycles. The zero-order valence-electron chi connectivity index (χ0n) is 20.6. The van der Waals surface area contributed by atoms with E-state index >= 15 is 0 Å². The van der Waals surface area contributed by atoms with Gasteiger partial charge in [0.05, 0.1) is 6.54 Å². The molecule has 5 rings (SSSR count). The fourth-order valence-electron chi connectivity index (χ4n) is 5.60. The van der Waals surface area contributed by atoms with Gasteiger partial charge in [0.25, 0.3) is 5.91 Å². The summed E-state index contributed by atoms with van der Waals surface area (Å²) in [6.45, 7) is 8.02. The zero-order valence-corrected chi connectivity index (χ0v) is 20.6. The molecule has 0 radical (unpaired) electrons. The highest BCUT2D eigenvalue weighted by Crippen LogP contribution is 2.30. The Bertz CT molecular complexity index is 955. The smallest absolute Gasteiger partial charge is 0.251 e. The lowest BCUT2D eigenvalue weighted by Crippen LogP contribution is -2.52. The molecule has 0 aromatic heterocycles. The van der Waals surface area contributed by atoms with Crippen LogP contribution < -0.4 is 10.2 Å². The number of amides is 2. The highest BCUT2D eigenvalue weighted by molar-refractivity contribution is 5.99. The minimum Gasteiger partial charge on any atom is -0.388 e. The van der Waals surface area contributed by atoms with Crippen molar-refractivity contribution >= 4 is 23.3 Å². The average Bonchev–Trinajstić information content (AvgIpc) is 3.55. The fourth-order valence-corrected chi connectivity index (χ4v) is 5.60. The molecule has 9 nitrogen and oxygen atoms in total. The Balaban J connectivity index is 1.23. The van der Waals surface area contributed by atoms with E-state index < -0.39 is 24.3 Å². The van der Waals surface area contributed by atoms with Crippen molar-refractivity contribution in [1.29, 1.82) is 0 Å². The Morgan fingerprint density at radius 1 is 1.11 bits per heavy atom. The molecular formula is C26H36N4O5. The van der Waals surface area contributed by atoms with Gasteiger partial charge in [-0.05, 0) is 49.4 Å². The summed E-state index contributed by atoms with van der Waals surface area (Å²) in [5.74, 6) is -0.718. The number of nitrogens with one attached hydrogen (secondary N) is 1. The number of aliphatic hydroxyl groups excluding tert-OH is 1. The molecule has 0 bridgehead atoms. The molecule has 2 N–H and O–H groups in total. The molecule has 4 aliphatic rings. The van der Waals surface area contributed by atoms with Crippen molar-refractivity contribution in [1.82, 2.24) is 15.1 Å². The van der Waals surface area contributed by atoms with Crippen LogP contribution in [0.1, 0.15) is 43.5 Å². The third-order valence-electron chi connectivity index (χ3n) is 7.62. The van der Waals surface area contributed by atoms with Crippen LogP contribution in [-0.4, -0.2) is 102 Å². The van der Waals surface area contributed by atoms with Gasteiger partial charge in [0.1, 0.15) is 30.9 Å². The molecular weight excluding hydrogens is 448 g/mol. The SMILES string of the molecule is CC(C)C[C@H](NC(=O)c1ccc(N2CCN(C3CC3)CC2)cc1)C(=O)N1C[C@@H](O)[C@H]2OCC(=O)[C@H]21. The summed E-state index contributed by atoms with van der Waals surface area (Å²) in [6.07, 6.45) is 1.51. The van der Waals surface area contributed by atoms with Gasteiger partial charge >= 0.3 is 0 Å². The third-order valence-corrected chi connectivity index (χ3v) is 7.62. The zero-order chi connectivity index (χ0) is 24.7. The summed E-state index contributed by atoms with van der Waals surface area (Å²) in [5, 5.41) is 13.2. The second-order valence-electron chi connectivity index (χ2n) is 10.7. The van der Waals surface area contributed by atoms with Gasteiger partial charge in [0, 0.05) is 43.5 Å². The molecule has 4 atom stereocenters. The van der Waals surface area contributed by atoms with Crippen LogP contribution in [0.2, 0.25) is 0 Å². The number of ketones is 1. The lowest BCUT2D eigenvalue weighted by Gasteiger charge is -2.36. The van der Waals surface area contributed by atoms with E-state index in [1.807, 2.05) is 26.0 Å². The van der Waals surface area contributed by atoms with Crippen LogP contribution in [0.4, 0.5) is 5.69 Å². The van der Waals surface area contributed by atoms with Crippen molar-refractivity contribution in [3.8, 4) is 0 Å². The largest absolute Gasteiger partial charge is 0.388 e. The predicted molar refractivity (Wildman–Crippen MR) is 130 cm³/mol. The van der Waals surface area contributed by atoms with Gasteiger partial charge in [0.15, 0.2) is 5.78 Å². The molecule has 3 saturated heterocycles. The number of carbonyl (C=O) groups is 3. The first-order valence-corrected chi connectivity index (χ1v) is 12.8. The highest BCUT2D eigenvalue weighted by atomic mass is 16.5. The molecule has 35 heavy (non-hydrogen) atoms. The Morgan fingerprint density at radius 2 is 1.80 bits per heavy atom. The van der Waals surface area contributed by atoms with Gasteiger partial charge in [-0.3, -0.25) is 19.3 Å². The number of nitrogens with zero attached hydrogens (tertiary/aromatic N) is 3. The van der Waals surface area contributed by atoms with E-state index in [2.05, 4.69) is 15.1 Å². The Labute approximate surface area is 206 Å². The maximum absolute atomic E-state index is 13.4. The molecule has 3 aliphatic heterocycles. The normalized spacial score (nSPS) is 27.9. The van der Waals surface area contributed by atoms with Crippen molar-refractivity contribution in [2.45, 2.75) is 63.4 Å². The Hall–Kier alpha value is -2.49. The Morgan fingerprint density at radius 3 is 2.43 bits per heavy atom. The number of fused-ring (bicyclic) bond motifs is 1. The maximum Gasteiger partial charge on any atom is 0.251 e. The van der Waals surface area contributed by atoms with Crippen LogP contribution in [0, 0.1) is 5.92 Å². The van der Waals surface area contributed by atoms with Crippen molar-refractivity contribution in [2.24, 2.45) is 5.92 Å².